The molecule has 1 aromatic carbocycles. The average molecular weight is 337 g/mol. The largest absolute Gasteiger partial charge is 0.372 e. The molecule has 1 saturated heterocycles. The van der Waals surface area contributed by atoms with E-state index in [1.807, 2.05) is 32.0 Å². The van der Waals surface area contributed by atoms with Crippen molar-refractivity contribution in [2.75, 3.05) is 33.8 Å². The van der Waals surface area contributed by atoms with E-state index in [9.17, 15) is 9.18 Å². The zero-order valence-electron chi connectivity index (χ0n) is 15.1. The standard InChI is InChI=1S/C18H28FN3O2/c1-5-18(2)13-22(8-9-24-18)17(23)20-11-14-6-7-15(12-21(3)4)16(19)10-14/h6-7,10H,5,8-9,11-13H2,1-4H3,(H,20,23). The predicted molar refractivity (Wildman–Crippen MR) is 92.2 cm³/mol. The molecule has 1 unspecified atom stereocenters. The van der Waals surface area contributed by atoms with Gasteiger partial charge in [-0.05, 0) is 39.1 Å². The van der Waals surface area contributed by atoms with E-state index in [1.54, 1.807) is 11.0 Å². The number of morpholine rings is 1. The SMILES string of the molecule is CCC1(C)CN(C(=O)NCc2ccc(CN(C)C)c(F)c2)CCO1. The van der Waals surface area contributed by atoms with Gasteiger partial charge in [0.1, 0.15) is 5.82 Å². The summed E-state index contributed by atoms with van der Waals surface area (Å²) in [6, 6.07) is 5.00. The molecular formula is C18H28FN3O2. The number of hydrogen-bond donors (Lipinski definition) is 1. The zero-order valence-corrected chi connectivity index (χ0v) is 15.1. The van der Waals surface area contributed by atoms with Crippen molar-refractivity contribution in [1.82, 2.24) is 15.1 Å². The van der Waals surface area contributed by atoms with E-state index in [-0.39, 0.29) is 17.4 Å². The van der Waals surface area contributed by atoms with Crippen LogP contribution in [0, 0.1) is 5.82 Å². The molecule has 1 aliphatic heterocycles. The second-order valence-electron chi connectivity index (χ2n) is 6.90. The predicted octanol–water partition coefficient (Wildman–Crippen LogP) is 2.60. The Labute approximate surface area is 143 Å². The highest BCUT2D eigenvalue weighted by Gasteiger charge is 2.32. The van der Waals surface area contributed by atoms with Crippen LogP contribution in [0.5, 0.6) is 0 Å². The highest BCUT2D eigenvalue weighted by molar-refractivity contribution is 5.74. The van der Waals surface area contributed by atoms with Gasteiger partial charge in [0.2, 0.25) is 0 Å². The fourth-order valence-corrected chi connectivity index (χ4v) is 2.78. The van der Waals surface area contributed by atoms with Crippen molar-refractivity contribution in [3.8, 4) is 0 Å². The van der Waals surface area contributed by atoms with Crippen LogP contribution < -0.4 is 5.32 Å². The second kappa shape index (κ2) is 7.94. The summed E-state index contributed by atoms with van der Waals surface area (Å²) >= 11 is 0. The molecule has 0 radical (unpaired) electrons. The first-order chi connectivity index (χ1) is 11.3. The topological polar surface area (TPSA) is 44.8 Å². The monoisotopic (exact) mass is 337 g/mol. The molecule has 0 bridgehead atoms. The van der Waals surface area contributed by atoms with Crippen molar-refractivity contribution in [1.29, 1.82) is 0 Å². The van der Waals surface area contributed by atoms with E-state index < -0.39 is 0 Å². The molecule has 2 amide bonds. The van der Waals surface area contributed by atoms with Gasteiger partial charge >= 0.3 is 6.03 Å². The molecule has 6 heteroatoms. The number of carbonyl (C=O) groups excluding carboxylic acids is 1. The van der Waals surface area contributed by atoms with Crippen LogP contribution in [0.2, 0.25) is 0 Å². The number of nitrogens with zero attached hydrogens (tertiary/aromatic N) is 2. The summed E-state index contributed by atoms with van der Waals surface area (Å²) in [6.07, 6.45) is 0.856. The van der Waals surface area contributed by atoms with Gasteiger partial charge in [0.05, 0.1) is 18.8 Å². The zero-order chi connectivity index (χ0) is 17.7. The lowest BCUT2D eigenvalue weighted by Gasteiger charge is -2.39. The van der Waals surface area contributed by atoms with E-state index in [1.165, 1.54) is 6.07 Å². The van der Waals surface area contributed by atoms with Crippen LogP contribution in [-0.4, -0.2) is 55.2 Å². The first-order valence-corrected chi connectivity index (χ1v) is 8.42. The number of rotatable bonds is 5. The van der Waals surface area contributed by atoms with Crippen LogP contribution in [0.1, 0.15) is 31.4 Å². The Morgan fingerprint density at radius 2 is 2.21 bits per heavy atom. The molecule has 1 aliphatic rings. The maximum Gasteiger partial charge on any atom is 0.317 e. The second-order valence-corrected chi connectivity index (χ2v) is 6.90. The third-order valence-electron chi connectivity index (χ3n) is 4.42. The van der Waals surface area contributed by atoms with Gasteiger partial charge < -0.3 is 19.9 Å². The minimum absolute atomic E-state index is 0.129. The highest BCUT2D eigenvalue weighted by atomic mass is 19.1. The van der Waals surface area contributed by atoms with E-state index in [0.717, 1.165) is 12.0 Å². The molecule has 1 N–H and O–H groups in total. The van der Waals surface area contributed by atoms with Crippen molar-refractivity contribution in [2.24, 2.45) is 0 Å². The van der Waals surface area contributed by atoms with Gasteiger partial charge in [-0.1, -0.05) is 19.1 Å². The summed E-state index contributed by atoms with van der Waals surface area (Å²) in [5, 5.41) is 2.87. The lowest BCUT2D eigenvalue weighted by Crippen LogP contribution is -2.54. The molecule has 0 aromatic heterocycles. The number of amides is 2. The Morgan fingerprint density at radius 3 is 2.83 bits per heavy atom. The third-order valence-corrected chi connectivity index (χ3v) is 4.42. The Kier molecular flexibility index (Phi) is 6.18. The Bertz CT molecular complexity index is 579. The number of carbonyl (C=O) groups is 1. The molecule has 1 heterocycles. The molecular weight excluding hydrogens is 309 g/mol. The lowest BCUT2D eigenvalue weighted by molar-refractivity contribution is -0.0872. The van der Waals surface area contributed by atoms with Gasteiger partial charge in [-0.2, -0.15) is 0 Å². The normalized spacial score (nSPS) is 21.2. The van der Waals surface area contributed by atoms with Gasteiger partial charge in [-0.25, -0.2) is 9.18 Å². The smallest absolute Gasteiger partial charge is 0.317 e. The summed E-state index contributed by atoms with van der Waals surface area (Å²) in [5.74, 6) is -0.236. The molecule has 0 spiro atoms. The van der Waals surface area contributed by atoms with Gasteiger partial charge in [0, 0.05) is 25.2 Å². The molecule has 2 rings (SSSR count). The Morgan fingerprint density at radius 1 is 1.46 bits per heavy atom. The van der Waals surface area contributed by atoms with Crippen LogP contribution in [-0.2, 0) is 17.8 Å². The van der Waals surface area contributed by atoms with Crippen LogP contribution in [0.15, 0.2) is 18.2 Å². The number of benzene rings is 1. The quantitative estimate of drug-likeness (QED) is 0.898. The molecule has 1 fully saturated rings. The maximum atomic E-state index is 14.1. The van der Waals surface area contributed by atoms with E-state index in [4.69, 9.17) is 4.74 Å². The number of nitrogens with one attached hydrogen (secondary N) is 1. The molecule has 24 heavy (non-hydrogen) atoms. The first kappa shape index (κ1) is 18.7. The number of urea groups is 1. The number of hydrogen-bond acceptors (Lipinski definition) is 3. The number of halogens is 1. The fourth-order valence-electron chi connectivity index (χ4n) is 2.78. The van der Waals surface area contributed by atoms with Crippen molar-refractivity contribution < 1.29 is 13.9 Å². The third kappa shape index (κ3) is 4.92. The fraction of sp³-hybridized carbons (Fsp3) is 0.611. The van der Waals surface area contributed by atoms with E-state index in [2.05, 4.69) is 12.2 Å². The molecule has 5 nitrogen and oxygen atoms in total. The molecule has 0 saturated carbocycles. The minimum atomic E-state index is -0.282. The van der Waals surface area contributed by atoms with Crippen molar-refractivity contribution in [3.63, 3.8) is 0 Å². The molecule has 1 aromatic rings. The van der Waals surface area contributed by atoms with Crippen molar-refractivity contribution >= 4 is 6.03 Å². The molecule has 134 valence electrons. The van der Waals surface area contributed by atoms with Crippen LogP contribution in [0.4, 0.5) is 9.18 Å². The summed E-state index contributed by atoms with van der Waals surface area (Å²) in [4.78, 5) is 16.0. The molecule has 0 aliphatic carbocycles. The Balaban J connectivity index is 1.91. The summed E-state index contributed by atoms with van der Waals surface area (Å²) in [5.41, 5.74) is 1.13. The van der Waals surface area contributed by atoms with Gasteiger partial charge in [-0.3, -0.25) is 0 Å². The van der Waals surface area contributed by atoms with Gasteiger partial charge in [-0.15, -0.1) is 0 Å². The minimum Gasteiger partial charge on any atom is -0.372 e. The van der Waals surface area contributed by atoms with E-state index >= 15 is 0 Å². The van der Waals surface area contributed by atoms with Gasteiger partial charge in [0.15, 0.2) is 0 Å². The average Bonchev–Trinajstić information content (AvgIpc) is 2.54. The first-order valence-electron chi connectivity index (χ1n) is 8.42. The molecule has 1 atom stereocenters. The highest BCUT2D eigenvalue weighted by Crippen LogP contribution is 2.21. The lowest BCUT2D eigenvalue weighted by atomic mass is 10.0. The van der Waals surface area contributed by atoms with Crippen LogP contribution >= 0.6 is 0 Å². The summed E-state index contributed by atoms with van der Waals surface area (Å²) in [7, 11) is 3.81. The maximum absolute atomic E-state index is 14.1. The summed E-state index contributed by atoms with van der Waals surface area (Å²) in [6.45, 7) is 6.65. The van der Waals surface area contributed by atoms with Crippen LogP contribution in [0.25, 0.3) is 0 Å². The van der Waals surface area contributed by atoms with Gasteiger partial charge in [0.25, 0.3) is 0 Å². The number of ether oxygens (including phenoxy) is 1. The van der Waals surface area contributed by atoms with Crippen LogP contribution in [0.3, 0.4) is 0 Å². The summed E-state index contributed by atoms with van der Waals surface area (Å²) < 4.78 is 19.8. The van der Waals surface area contributed by atoms with E-state index in [0.29, 0.717) is 38.3 Å². The van der Waals surface area contributed by atoms with Crippen molar-refractivity contribution in [2.45, 2.75) is 39.0 Å². The Hall–Kier alpha value is -1.66. The van der Waals surface area contributed by atoms with Crippen molar-refractivity contribution in [3.05, 3.63) is 35.1 Å².